The van der Waals surface area contributed by atoms with E-state index in [0.717, 1.165) is 6.08 Å². The van der Waals surface area contributed by atoms with Crippen molar-refractivity contribution in [3.63, 3.8) is 0 Å². The normalized spacial score (nSPS) is 18.2. The van der Waals surface area contributed by atoms with E-state index in [1.165, 1.54) is 6.08 Å². The van der Waals surface area contributed by atoms with E-state index in [2.05, 4.69) is 5.32 Å². The van der Waals surface area contributed by atoms with E-state index in [0.29, 0.717) is 11.4 Å². The lowest BCUT2D eigenvalue weighted by Gasteiger charge is -2.30. The number of fused-ring (bicyclic) bond motifs is 1. The molecule has 0 saturated carbocycles. The SMILES string of the molecule is O=C(O)C1(C(=O)O)C=CC2=C(Nc3ccccc3O2)C1=O. The Labute approximate surface area is 118 Å². The van der Waals surface area contributed by atoms with Crippen LogP contribution in [0.1, 0.15) is 0 Å². The fourth-order valence-corrected chi connectivity index (χ4v) is 2.21. The number of Topliss-reactive ketones (excluding diaryl/α,β-unsaturated/α-hetero) is 1. The number of hydrogen-bond donors (Lipinski definition) is 3. The third kappa shape index (κ3) is 1.64. The van der Waals surface area contributed by atoms with Crippen LogP contribution >= 0.6 is 0 Å². The van der Waals surface area contributed by atoms with Crippen molar-refractivity contribution in [3.05, 3.63) is 47.9 Å². The van der Waals surface area contributed by atoms with Gasteiger partial charge in [0.2, 0.25) is 11.2 Å². The molecule has 2 aliphatic rings. The minimum Gasteiger partial charge on any atom is -0.480 e. The van der Waals surface area contributed by atoms with Crippen molar-refractivity contribution in [1.82, 2.24) is 0 Å². The van der Waals surface area contributed by atoms with Crippen molar-refractivity contribution in [1.29, 1.82) is 0 Å². The molecule has 0 spiro atoms. The van der Waals surface area contributed by atoms with Gasteiger partial charge in [0.1, 0.15) is 5.70 Å². The third-order valence-corrected chi connectivity index (χ3v) is 3.36. The van der Waals surface area contributed by atoms with E-state index in [1.54, 1.807) is 24.3 Å². The molecule has 0 unspecified atom stereocenters. The highest BCUT2D eigenvalue weighted by Gasteiger charge is 2.55. The van der Waals surface area contributed by atoms with Crippen LogP contribution in [0.15, 0.2) is 47.9 Å². The highest BCUT2D eigenvalue weighted by molar-refractivity contribution is 6.28. The summed E-state index contributed by atoms with van der Waals surface area (Å²) < 4.78 is 5.48. The molecule has 0 amide bonds. The standard InChI is InChI=1S/C14H9NO6/c16-11-10-9(5-6-14(11,12(17)18)13(19)20)21-8-4-2-1-3-7(8)15-10/h1-6,15H,(H,17,18)(H,19,20). The first-order valence-electron chi connectivity index (χ1n) is 5.96. The first kappa shape index (κ1) is 12.9. The number of carboxylic acids is 2. The molecule has 0 radical (unpaired) electrons. The second kappa shape index (κ2) is 4.20. The summed E-state index contributed by atoms with van der Waals surface area (Å²) in [4.78, 5) is 35.0. The van der Waals surface area contributed by atoms with Crippen LogP contribution in [0.5, 0.6) is 5.75 Å². The molecule has 7 nitrogen and oxygen atoms in total. The minimum absolute atomic E-state index is 0.0943. The molecule has 3 rings (SSSR count). The maximum absolute atomic E-state index is 12.4. The highest BCUT2D eigenvalue weighted by Crippen LogP contribution is 2.39. The Bertz CT molecular complexity index is 732. The van der Waals surface area contributed by atoms with Crippen molar-refractivity contribution in [2.45, 2.75) is 0 Å². The van der Waals surface area contributed by atoms with Gasteiger partial charge >= 0.3 is 11.9 Å². The molecular formula is C14H9NO6. The van der Waals surface area contributed by atoms with Gasteiger partial charge in [-0.25, -0.2) is 0 Å². The molecular weight excluding hydrogens is 278 g/mol. The summed E-state index contributed by atoms with van der Waals surface area (Å²) in [5.41, 5.74) is -2.35. The van der Waals surface area contributed by atoms with Crippen LogP contribution in [-0.2, 0) is 14.4 Å². The van der Waals surface area contributed by atoms with Crippen LogP contribution in [0.2, 0.25) is 0 Å². The van der Waals surface area contributed by atoms with E-state index >= 15 is 0 Å². The average Bonchev–Trinajstić information content (AvgIpc) is 2.45. The fraction of sp³-hybridized carbons (Fsp3) is 0.0714. The van der Waals surface area contributed by atoms with Crippen molar-refractivity contribution in [2.24, 2.45) is 5.41 Å². The Hall–Kier alpha value is -3.09. The van der Waals surface area contributed by atoms with Crippen LogP contribution in [0.3, 0.4) is 0 Å². The predicted octanol–water partition coefficient (Wildman–Crippen LogP) is 0.997. The van der Waals surface area contributed by atoms with Gasteiger partial charge in [-0.15, -0.1) is 0 Å². The summed E-state index contributed by atoms with van der Waals surface area (Å²) in [6.45, 7) is 0. The van der Waals surface area contributed by atoms with Crippen LogP contribution in [-0.4, -0.2) is 27.9 Å². The smallest absolute Gasteiger partial charge is 0.333 e. The van der Waals surface area contributed by atoms with Gasteiger partial charge in [-0.3, -0.25) is 14.4 Å². The molecule has 106 valence electrons. The van der Waals surface area contributed by atoms with Crippen molar-refractivity contribution < 1.29 is 29.3 Å². The molecule has 21 heavy (non-hydrogen) atoms. The molecule has 0 fully saturated rings. The number of carboxylic acid groups (broad SMARTS) is 2. The maximum atomic E-state index is 12.4. The number of para-hydroxylation sites is 2. The average molecular weight is 287 g/mol. The molecule has 0 bridgehead atoms. The van der Waals surface area contributed by atoms with Gasteiger partial charge in [0, 0.05) is 0 Å². The lowest BCUT2D eigenvalue weighted by atomic mass is 9.78. The van der Waals surface area contributed by atoms with Crippen LogP contribution in [0.4, 0.5) is 5.69 Å². The Morgan fingerprint density at radius 2 is 1.81 bits per heavy atom. The molecule has 1 aromatic carbocycles. The second-order valence-corrected chi connectivity index (χ2v) is 4.54. The Balaban J connectivity index is 2.09. The van der Waals surface area contributed by atoms with E-state index < -0.39 is 23.1 Å². The van der Waals surface area contributed by atoms with Crippen LogP contribution in [0, 0.1) is 5.41 Å². The topological polar surface area (TPSA) is 113 Å². The van der Waals surface area contributed by atoms with E-state index in [1.807, 2.05) is 0 Å². The maximum Gasteiger partial charge on any atom is 0.333 e. The number of ether oxygens (including phenoxy) is 1. The number of benzene rings is 1. The predicted molar refractivity (Wildman–Crippen MR) is 69.6 cm³/mol. The number of rotatable bonds is 2. The Kier molecular flexibility index (Phi) is 2.59. The highest BCUT2D eigenvalue weighted by atomic mass is 16.5. The number of anilines is 1. The molecule has 1 aromatic rings. The molecule has 0 saturated heterocycles. The molecule has 7 heteroatoms. The first-order valence-corrected chi connectivity index (χ1v) is 5.96. The van der Waals surface area contributed by atoms with Gasteiger partial charge in [0.05, 0.1) is 5.69 Å². The number of nitrogens with one attached hydrogen (secondary N) is 1. The third-order valence-electron chi connectivity index (χ3n) is 3.36. The summed E-state index contributed by atoms with van der Waals surface area (Å²) in [7, 11) is 0. The van der Waals surface area contributed by atoms with Crippen molar-refractivity contribution in [3.8, 4) is 5.75 Å². The Morgan fingerprint density at radius 1 is 1.14 bits per heavy atom. The van der Waals surface area contributed by atoms with Crippen molar-refractivity contribution in [2.75, 3.05) is 5.32 Å². The summed E-state index contributed by atoms with van der Waals surface area (Å²) >= 11 is 0. The largest absolute Gasteiger partial charge is 0.480 e. The van der Waals surface area contributed by atoms with Gasteiger partial charge in [0.25, 0.3) is 0 Å². The lowest BCUT2D eigenvalue weighted by Crippen LogP contribution is -2.48. The monoisotopic (exact) mass is 287 g/mol. The van der Waals surface area contributed by atoms with Gasteiger partial charge in [0.15, 0.2) is 11.5 Å². The second-order valence-electron chi connectivity index (χ2n) is 4.54. The fourth-order valence-electron chi connectivity index (χ4n) is 2.21. The number of allylic oxidation sites excluding steroid dienone is 2. The zero-order chi connectivity index (χ0) is 15.2. The van der Waals surface area contributed by atoms with E-state index in [4.69, 9.17) is 4.74 Å². The van der Waals surface area contributed by atoms with Crippen LogP contribution < -0.4 is 10.1 Å². The zero-order valence-corrected chi connectivity index (χ0v) is 10.5. The van der Waals surface area contributed by atoms with Crippen LogP contribution in [0.25, 0.3) is 0 Å². The van der Waals surface area contributed by atoms with Gasteiger partial charge in [-0.1, -0.05) is 12.1 Å². The molecule has 1 aliphatic carbocycles. The minimum atomic E-state index is -2.64. The van der Waals surface area contributed by atoms with Gasteiger partial charge in [-0.2, -0.15) is 0 Å². The summed E-state index contributed by atoms with van der Waals surface area (Å²) in [6.07, 6.45) is 2.01. The Morgan fingerprint density at radius 3 is 2.48 bits per heavy atom. The quantitative estimate of drug-likeness (QED) is 0.695. The first-order chi connectivity index (χ1) is 9.96. The number of carbonyl (C=O) groups excluding carboxylic acids is 1. The van der Waals surface area contributed by atoms with E-state index in [-0.39, 0.29) is 11.5 Å². The number of ketones is 1. The summed E-state index contributed by atoms with van der Waals surface area (Å²) in [5, 5.41) is 21.1. The number of hydrogen-bond acceptors (Lipinski definition) is 5. The van der Waals surface area contributed by atoms with Gasteiger partial charge in [-0.05, 0) is 24.3 Å². The molecule has 0 aromatic heterocycles. The number of carbonyl (C=O) groups is 3. The lowest BCUT2D eigenvalue weighted by molar-refractivity contribution is -0.163. The molecule has 1 heterocycles. The van der Waals surface area contributed by atoms with E-state index in [9.17, 15) is 24.6 Å². The summed E-state index contributed by atoms with van der Waals surface area (Å²) in [6, 6.07) is 6.74. The van der Waals surface area contributed by atoms with Gasteiger partial charge < -0.3 is 20.3 Å². The zero-order valence-electron chi connectivity index (χ0n) is 10.5. The molecule has 0 atom stereocenters. The number of aliphatic carboxylic acids is 2. The molecule has 1 aliphatic heterocycles. The summed E-state index contributed by atoms with van der Waals surface area (Å²) in [5.74, 6) is -4.01. The molecule has 3 N–H and O–H groups in total. The van der Waals surface area contributed by atoms with Crippen molar-refractivity contribution >= 4 is 23.4 Å².